The molecule has 1 aromatic heterocycles. The lowest BCUT2D eigenvalue weighted by Crippen LogP contribution is -2.13. The van der Waals surface area contributed by atoms with Gasteiger partial charge in [0, 0.05) is 24.1 Å². The van der Waals surface area contributed by atoms with Crippen molar-refractivity contribution in [2.75, 3.05) is 20.6 Å². The monoisotopic (exact) mass is 367 g/mol. The molecule has 0 atom stereocenters. The van der Waals surface area contributed by atoms with Crippen molar-refractivity contribution in [2.45, 2.75) is 19.8 Å². The predicted molar refractivity (Wildman–Crippen MR) is 108 cm³/mol. The molecule has 3 aromatic rings. The Hall–Kier alpha value is -2.86. The van der Waals surface area contributed by atoms with Crippen LogP contribution >= 0.6 is 0 Å². The van der Waals surface area contributed by atoms with Gasteiger partial charge in [0.05, 0.1) is 10.4 Å². The number of rotatable bonds is 7. The maximum Gasteiger partial charge on any atom is 0.311 e. The fraction of sp³-hybridized carbons (Fsp3) is 0.333. The SMILES string of the molecule is Cc1ccc(Oc2c(CCCN(C)C)c3ccccc3n2C)c([N+](=O)[O-])c1. The zero-order chi connectivity index (χ0) is 19.6. The van der Waals surface area contributed by atoms with Gasteiger partial charge in [-0.1, -0.05) is 24.3 Å². The lowest BCUT2D eigenvalue weighted by Gasteiger charge is -2.12. The van der Waals surface area contributed by atoms with Gasteiger partial charge in [0.1, 0.15) is 0 Å². The molecule has 0 aliphatic carbocycles. The average molecular weight is 367 g/mol. The molecule has 0 fully saturated rings. The molecule has 27 heavy (non-hydrogen) atoms. The molecule has 0 unspecified atom stereocenters. The molecule has 1 heterocycles. The Morgan fingerprint density at radius 1 is 1.19 bits per heavy atom. The highest BCUT2D eigenvalue weighted by atomic mass is 16.6. The minimum atomic E-state index is -0.392. The summed E-state index contributed by atoms with van der Waals surface area (Å²) < 4.78 is 8.11. The van der Waals surface area contributed by atoms with Crippen LogP contribution in [0.25, 0.3) is 10.9 Å². The van der Waals surface area contributed by atoms with Gasteiger partial charge in [0.25, 0.3) is 0 Å². The van der Waals surface area contributed by atoms with Crippen LogP contribution in [0.15, 0.2) is 42.5 Å². The van der Waals surface area contributed by atoms with Gasteiger partial charge in [0.2, 0.25) is 11.6 Å². The second kappa shape index (κ2) is 7.80. The van der Waals surface area contributed by atoms with E-state index in [1.165, 1.54) is 0 Å². The largest absolute Gasteiger partial charge is 0.433 e. The molecule has 0 aliphatic heterocycles. The summed E-state index contributed by atoms with van der Waals surface area (Å²) in [6.45, 7) is 2.80. The first kappa shape index (κ1) is 18.9. The van der Waals surface area contributed by atoms with Crippen LogP contribution < -0.4 is 4.74 Å². The van der Waals surface area contributed by atoms with Crippen molar-refractivity contribution in [1.82, 2.24) is 9.47 Å². The van der Waals surface area contributed by atoms with Crippen molar-refractivity contribution in [3.8, 4) is 11.6 Å². The van der Waals surface area contributed by atoms with Gasteiger partial charge < -0.3 is 14.2 Å². The van der Waals surface area contributed by atoms with E-state index in [-0.39, 0.29) is 11.4 Å². The summed E-state index contributed by atoms with van der Waals surface area (Å²) >= 11 is 0. The van der Waals surface area contributed by atoms with Crippen molar-refractivity contribution in [1.29, 1.82) is 0 Å². The molecule has 2 aromatic carbocycles. The van der Waals surface area contributed by atoms with Crippen molar-refractivity contribution in [3.63, 3.8) is 0 Å². The van der Waals surface area contributed by atoms with E-state index >= 15 is 0 Å². The van der Waals surface area contributed by atoms with Crippen molar-refractivity contribution >= 4 is 16.6 Å². The van der Waals surface area contributed by atoms with E-state index in [0.717, 1.165) is 41.4 Å². The van der Waals surface area contributed by atoms with Gasteiger partial charge in [-0.05, 0) is 58.1 Å². The molecule has 0 aliphatic rings. The quantitative estimate of drug-likeness (QED) is 0.449. The zero-order valence-electron chi connectivity index (χ0n) is 16.2. The molecule has 3 rings (SSSR count). The molecule has 142 valence electrons. The molecular formula is C21H25N3O3. The first-order chi connectivity index (χ1) is 12.9. The maximum absolute atomic E-state index is 11.5. The summed E-state index contributed by atoms with van der Waals surface area (Å²) in [4.78, 5) is 13.2. The van der Waals surface area contributed by atoms with E-state index in [9.17, 15) is 10.1 Å². The normalized spacial score (nSPS) is 11.3. The second-order valence-electron chi connectivity index (χ2n) is 7.10. The Kier molecular flexibility index (Phi) is 5.46. The van der Waals surface area contributed by atoms with Gasteiger partial charge in [-0.2, -0.15) is 0 Å². The Morgan fingerprint density at radius 2 is 1.93 bits per heavy atom. The highest BCUT2D eigenvalue weighted by molar-refractivity contribution is 5.87. The third-order valence-electron chi connectivity index (χ3n) is 4.70. The van der Waals surface area contributed by atoms with Crippen molar-refractivity contribution in [2.24, 2.45) is 7.05 Å². The zero-order valence-corrected chi connectivity index (χ0v) is 16.2. The van der Waals surface area contributed by atoms with Gasteiger partial charge in [0.15, 0.2) is 0 Å². The summed E-state index contributed by atoms with van der Waals surface area (Å²) in [5.41, 5.74) is 2.96. The van der Waals surface area contributed by atoms with E-state index in [4.69, 9.17) is 4.74 Å². The van der Waals surface area contributed by atoms with E-state index in [0.29, 0.717) is 5.88 Å². The van der Waals surface area contributed by atoms with Crippen LogP contribution in [0.2, 0.25) is 0 Å². The lowest BCUT2D eigenvalue weighted by atomic mass is 10.1. The summed E-state index contributed by atoms with van der Waals surface area (Å²) in [5.74, 6) is 0.937. The molecule has 6 heteroatoms. The van der Waals surface area contributed by atoms with Crippen LogP contribution in [-0.2, 0) is 13.5 Å². The van der Waals surface area contributed by atoms with Crippen LogP contribution in [0.5, 0.6) is 11.6 Å². The molecule has 0 bridgehead atoms. The van der Waals surface area contributed by atoms with Crippen LogP contribution in [0.3, 0.4) is 0 Å². The van der Waals surface area contributed by atoms with E-state index in [1.807, 2.05) is 42.8 Å². The Labute approximate surface area is 159 Å². The molecule has 0 radical (unpaired) electrons. The number of benzene rings is 2. The highest BCUT2D eigenvalue weighted by Gasteiger charge is 2.21. The average Bonchev–Trinajstić information content (AvgIpc) is 2.89. The number of ether oxygens (including phenoxy) is 1. The van der Waals surface area contributed by atoms with Gasteiger partial charge in [-0.25, -0.2) is 0 Å². The first-order valence-corrected chi connectivity index (χ1v) is 9.02. The second-order valence-corrected chi connectivity index (χ2v) is 7.10. The molecule has 0 amide bonds. The smallest absolute Gasteiger partial charge is 0.311 e. The van der Waals surface area contributed by atoms with E-state index < -0.39 is 4.92 Å². The summed E-state index contributed by atoms with van der Waals surface area (Å²) in [6, 6.07) is 13.2. The van der Waals surface area contributed by atoms with Crippen LogP contribution in [0.1, 0.15) is 17.5 Å². The van der Waals surface area contributed by atoms with Gasteiger partial charge in [-0.15, -0.1) is 0 Å². The first-order valence-electron chi connectivity index (χ1n) is 9.02. The van der Waals surface area contributed by atoms with E-state index in [1.54, 1.807) is 12.1 Å². The molecular weight excluding hydrogens is 342 g/mol. The summed E-state index contributed by atoms with van der Waals surface area (Å²) in [5, 5.41) is 12.6. The standard InChI is InChI=1S/C21H25N3O3/c1-15-11-12-20(19(14-15)24(25)26)27-21-17(9-7-13-22(2)3)16-8-5-6-10-18(16)23(21)4/h5-6,8,10-12,14H,7,9,13H2,1-4H3. The number of hydrogen-bond donors (Lipinski definition) is 0. The molecule has 0 N–H and O–H groups in total. The summed E-state index contributed by atoms with van der Waals surface area (Å²) in [6.07, 6.45) is 1.82. The Balaban J connectivity index is 2.06. The van der Waals surface area contributed by atoms with Crippen LogP contribution in [0, 0.1) is 17.0 Å². The number of aromatic nitrogens is 1. The fourth-order valence-corrected chi connectivity index (χ4v) is 3.35. The molecule has 6 nitrogen and oxygen atoms in total. The minimum absolute atomic E-state index is 0.0144. The van der Waals surface area contributed by atoms with Crippen LogP contribution in [0.4, 0.5) is 5.69 Å². The highest BCUT2D eigenvalue weighted by Crippen LogP contribution is 2.38. The Bertz CT molecular complexity index is 976. The lowest BCUT2D eigenvalue weighted by molar-refractivity contribution is -0.385. The third kappa shape index (κ3) is 3.95. The molecule has 0 saturated carbocycles. The molecule has 0 saturated heterocycles. The maximum atomic E-state index is 11.5. The number of nitro benzene ring substituents is 1. The van der Waals surface area contributed by atoms with Gasteiger partial charge >= 0.3 is 5.69 Å². The van der Waals surface area contributed by atoms with Crippen molar-refractivity contribution < 1.29 is 9.66 Å². The van der Waals surface area contributed by atoms with Gasteiger partial charge in [-0.3, -0.25) is 10.1 Å². The minimum Gasteiger partial charge on any atom is -0.433 e. The predicted octanol–water partition coefficient (Wildman–Crippen LogP) is 4.68. The number of nitrogens with zero attached hydrogens (tertiary/aromatic N) is 3. The number of aryl methyl sites for hydroxylation is 3. The number of fused-ring (bicyclic) bond motifs is 1. The molecule has 0 spiro atoms. The fourth-order valence-electron chi connectivity index (χ4n) is 3.35. The number of hydrogen-bond acceptors (Lipinski definition) is 4. The van der Waals surface area contributed by atoms with Crippen LogP contribution in [-0.4, -0.2) is 35.0 Å². The summed E-state index contributed by atoms with van der Waals surface area (Å²) in [7, 11) is 6.04. The van der Waals surface area contributed by atoms with E-state index in [2.05, 4.69) is 25.1 Å². The topological polar surface area (TPSA) is 60.5 Å². The van der Waals surface area contributed by atoms with Crippen molar-refractivity contribution in [3.05, 3.63) is 63.7 Å². The number of para-hydroxylation sites is 1. The Morgan fingerprint density at radius 3 is 2.63 bits per heavy atom. The number of nitro groups is 1. The third-order valence-corrected chi connectivity index (χ3v) is 4.70.